The van der Waals surface area contributed by atoms with Gasteiger partial charge in [-0.05, 0) is 62.1 Å². The lowest BCUT2D eigenvalue weighted by atomic mass is 9.98. The van der Waals surface area contributed by atoms with Crippen LogP contribution in [0.1, 0.15) is 48.1 Å². The van der Waals surface area contributed by atoms with Crippen LogP contribution in [-0.2, 0) is 21.2 Å². The van der Waals surface area contributed by atoms with Gasteiger partial charge in [0.05, 0.1) is 4.90 Å². The Kier molecular flexibility index (Phi) is 8.37. The largest absolute Gasteiger partial charge is 0.425 e. The number of carbonyl (C=O) groups excluding carboxylic acids is 1. The Hall–Kier alpha value is -3.75. The zero-order valence-corrected chi connectivity index (χ0v) is 23.6. The fourth-order valence-electron chi connectivity index (χ4n) is 4.44. The van der Waals surface area contributed by atoms with Crippen LogP contribution < -0.4 is 15.1 Å². The lowest BCUT2D eigenvalue weighted by molar-refractivity contribution is -0.137. The maximum Gasteiger partial charge on any atom is 0.340 e. The van der Waals surface area contributed by atoms with Crippen molar-refractivity contribution in [3.63, 3.8) is 0 Å². The van der Waals surface area contributed by atoms with Gasteiger partial charge in [0.2, 0.25) is 10.0 Å². The van der Waals surface area contributed by atoms with E-state index in [1.54, 1.807) is 38.1 Å². The summed E-state index contributed by atoms with van der Waals surface area (Å²) in [5, 5.41) is 0.747. The molecule has 0 amide bonds. The number of fused-ring (bicyclic) bond motifs is 1. The Morgan fingerprint density at radius 3 is 2.26 bits per heavy atom. The minimum Gasteiger partial charge on any atom is -0.425 e. The van der Waals surface area contributed by atoms with Crippen molar-refractivity contribution >= 4 is 27.0 Å². The molecular formula is C31H33NO6S. The molecule has 0 aliphatic heterocycles. The first kappa shape index (κ1) is 28.3. The second-order valence-corrected chi connectivity index (χ2v) is 11.7. The zero-order chi connectivity index (χ0) is 28.3. The van der Waals surface area contributed by atoms with Crippen LogP contribution in [0.4, 0.5) is 0 Å². The fraction of sp³-hybridized carbons (Fsp3) is 0.290. The molecule has 3 aromatic carbocycles. The van der Waals surface area contributed by atoms with Gasteiger partial charge in [0, 0.05) is 22.9 Å². The minimum atomic E-state index is -3.97. The highest BCUT2D eigenvalue weighted by Crippen LogP contribution is 2.30. The standard InChI is InChI=1S/C31H33NO6S/c1-6-20(3)28(32-39(35,36)24-14-12-19(2)13-15-24)31(34)37-27-17-16-25-21(4)26(18-23-10-8-7-9-11-23)30(33)38-29(25)22(27)5/h7-17,20,28,32H,6,18H2,1-5H3/t20-,28+/m1/s1. The minimum absolute atomic E-state index is 0.0691. The van der Waals surface area contributed by atoms with Gasteiger partial charge in [0.15, 0.2) is 0 Å². The maximum absolute atomic E-state index is 13.3. The summed E-state index contributed by atoms with van der Waals surface area (Å²) in [6.45, 7) is 9.10. The van der Waals surface area contributed by atoms with E-state index in [-0.39, 0.29) is 16.6 Å². The SMILES string of the molecule is CC[C@@H](C)[C@H](NS(=O)(=O)c1ccc(C)cc1)C(=O)Oc1ccc2c(C)c(Cc3ccccc3)c(=O)oc2c1C. The molecule has 0 spiro atoms. The van der Waals surface area contributed by atoms with Crippen LogP contribution in [0.15, 0.2) is 80.8 Å². The summed E-state index contributed by atoms with van der Waals surface area (Å²) in [5.41, 5.74) is 3.66. The van der Waals surface area contributed by atoms with Crippen LogP contribution in [0, 0.1) is 26.7 Å². The van der Waals surface area contributed by atoms with Gasteiger partial charge in [-0.2, -0.15) is 4.72 Å². The molecule has 39 heavy (non-hydrogen) atoms. The van der Waals surface area contributed by atoms with E-state index in [0.29, 0.717) is 29.6 Å². The second-order valence-electron chi connectivity index (χ2n) is 9.94. The lowest BCUT2D eigenvalue weighted by Gasteiger charge is -2.23. The third-order valence-corrected chi connectivity index (χ3v) is 8.63. The molecule has 0 aliphatic carbocycles. The molecule has 0 unspecified atom stereocenters. The molecule has 2 atom stereocenters. The number of hydrogen-bond acceptors (Lipinski definition) is 6. The third kappa shape index (κ3) is 6.13. The van der Waals surface area contributed by atoms with Gasteiger partial charge < -0.3 is 9.15 Å². The second kappa shape index (κ2) is 11.6. The van der Waals surface area contributed by atoms with Crippen LogP contribution in [0.2, 0.25) is 0 Å². The van der Waals surface area contributed by atoms with Crippen molar-refractivity contribution in [2.45, 2.75) is 58.4 Å². The number of rotatable bonds is 9. The first-order valence-electron chi connectivity index (χ1n) is 12.9. The topological polar surface area (TPSA) is 103 Å². The molecule has 4 rings (SSSR count). The molecule has 0 bridgehead atoms. The number of sulfonamides is 1. The Morgan fingerprint density at radius 2 is 1.62 bits per heavy atom. The molecule has 1 heterocycles. The number of nitrogens with one attached hydrogen (secondary N) is 1. The highest BCUT2D eigenvalue weighted by atomic mass is 32.2. The molecule has 1 N–H and O–H groups in total. The normalized spacial score (nSPS) is 13.3. The highest BCUT2D eigenvalue weighted by molar-refractivity contribution is 7.89. The fourth-order valence-corrected chi connectivity index (χ4v) is 5.74. The van der Waals surface area contributed by atoms with Crippen molar-refractivity contribution in [2.75, 3.05) is 0 Å². The van der Waals surface area contributed by atoms with Gasteiger partial charge in [-0.1, -0.05) is 68.3 Å². The molecule has 0 aliphatic rings. The number of carbonyl (C=O) groups is 1. The summed E-state index contributed by atoms with van der Waals surface area (Å²) in [4.78, 5) is 26.3. The first-order chi connectivity index (χ1) is 18.5. The quantitative estimate of drug-likeness (QED) is 0.166. The van der Waals surface area contributed by atoms with E-state index in [1.165, 1.54) is 12.1 Å². The van der Waals surface area contributed by atoms with Gasteiger partial charge in [-0.15, -0.1) is 0 Å². The highest BCUT2D eigenvalue weighted by Gasteiger charge is 2.32. The number of benzene rings is 3. The van der Waals surface area contributed by atoms with Crippen molar-refractivity contribution in [2.24, 2.45) is 5.92 Å². The van der Waals surface area contributed by atoms with Gasteiger partial charge in [0.25, 0.3) is 0 Å². The van der Waals surface area contributed by atoms with Crippen molar-refractivity contribution in [1.29, 1.82) is 0 Å². The third-order valence-electron chi connectivity index (χ3n) is 7.17. The van der Waals surface area contributed by atoms with Crippen molar-refractivity contribution < 1.29 is 22.4 Å². The summed E-state index contributed by atoms with van der Waals surface area (Å²) in [6, 6.07) is 18.4. The average molecular weight is 548 g/mol. The summed E-state index contributed by atoms with van der Waals surface area (Å²) in [7, 11) is -3.97. The van der Waals surface area contributed by atoms with E-state index in [9.17, 15) is 18.0 Å². The number of ether oxygens (including phenoxy) is 1. The molecule has 1 aromatic heterocycles. The van der Waals surface area contributed by atoms with E-state index in [0.717, 1.165) is 22.1 Å². The van der Waals surface area contributed by atoms with E-state index in [4.69, 9.17) is 9.15 Å². The summed E-state index contributed by atoms with van der Waals surface area (Å²) in [5.74, 6) is -0.866. The Labute approximate surface area is 228 Å². The molecular weight excluding hydrogens is 514 g/mol. The summed E-state index contributed by atoms with van der Waals surface area (Å²) in [6.07, 6.45) is 0.990. The van der Waals surface area contributed by atoms with Gasteiger partial charge in [-0.25, -0.2) is 18.0 Å². The average Bonchev–Trinajstić information content (AvgIpc) is 2.92. The molecule has 0 saturated heterocycles. The van der Waals surface area contributed by atoms with Crippen LogP contribution >= 0.6 is 0 Å². The van der Waals surface area contributed by atoms with Crippen LogP contribution in [0.25, 0.3) is 11.0 Å². The zero-order valence-electron chi connectivity index (χ0n) is 22.8. The maximum atomic E-state index is 13.3. The molecule has 8 heteroatoms. The van der Waals surface area contributed by atoms with Crippen LogP contribution in [0.5, 0.6) is 5.75 Å². The molecule has 4 aromatic rings. The van der Waals surface area contributed by atoms with Crippen LogP contribution in [-0.4, -0.2) is 20.4 Å². The molecule has 0 fully saturated rings. The van der Waals surface area contributed by atoms with Crippen molar-refractivity contribution in [3.8, 4) is 5.75 Å². The molecule has 7 nitrogen and oxygen atoms in total. The van der Waals surface area contributed by atoms with E-state index in [1.807, 2.05) is 51.1 Å². The number of aryl methyl sites for hydroxylation is 3. The number of esters is 1. The summed E-state index contributed by atoms with van der Waals surface area (Å²) < 4.78 is 40.0. The lowest BCUT2D eigenvalue weighted by Crippen LogP contribution is -2.47. The first-order valence-corrected chi connectivity index (χ1v) is 14.4. The smallest absolute Gasteiger partial charge is 0.340 e. The van der Waals surface area contributed by atoms with Gasteiger partial charge >= 0.3 is 11.6 Å². The predicted octanol–water partition coefficient (Wildman–Crippen LogP) is 5.61. The molecule has 0 saturated carbocycles. The van der Waals surface area contributed by atoms with Crippen molar-refractivity contribution in [1.82, 2.24) is 4.72 Å². The molecule has 204 valence electrons. The monoisotopic (exact) mass is 547 g/mol. The number of hydrogen-bond donors (Lipinski definition) is 1. The van der Waals surface area contributed by atoms with E-state index in [2.05, 4.69) is 4.72 Å². The Morgan fingerprint density at radius 1 is 0.949 bits per heavy atom. The van der Waals surface area contributed by atoms with E-state index >= 15 is 0 Å². The van der Waals surface area contributed by atoms with Crippen molar-refractivity contribution in [3.05, 3.63) is 105 Å². The summed E-state index contributed by atoms with van der Waals surface area (Å²) >= 11 is 0. The van der Waals surface area contributed by atoms with Gasteiger partial charge in [-0.3, -0.25) is 0 Å². The Balaban J connectivity index is 1.64. The molecule has 0 radical (unpaired) electrons. The Bertz CT molecular complexity index is 1660. The van der Waals surface area contributed by atoms with E-state index < -0.39 is 27.7 Å². The van der Waals surface area contributed by atoms with Gasteiger partial charge in [0.1, 0.15) is 17.4 Å². The van der Waals surface area contributed by atoms with Crippen LogP contribution in [0.3, 0.4) is 0 Å². The predicted molar refractivity (Wildman–Crippen MR) is 152 cm³/mol.